The van der Waals surface area contributed by atoms with E-state index < -0.39 is 0 Å². The van der Waals surface area contributed by atoms with Gasteiger partial charge in [-0.1, -0.05) is 12.5 Å². The molecular formula is C15H18N2O. The monoisotopic (exact) mass is 242 g/mol. The van der Waals surface area contributed by atoms with E-state index in [0.717, 1.165) is 24.3 Å². The first-order chi connectivity index (χ1) is 8.77. The third-order valence-electron chi connectivity index (χ3n) is 4.75. The number of nitriles is 1. The van der Waals surface area contributed by atoms with Crippen molar-refractivity contribution in [1.82, 2.24) is 4.98 Å². The molecule has 94 valence electrons. The zero-order valence-corrected chi connectivity index (χ0v) is 10.7. The fraction of sp³-hybridized carbons (Fsp3) is 0.600. The third kappa shape index (κ3) is 1.68. The first-order valence-electron chi connectivity index (χ1n) is 6.66. The number of methoxy groups -OCH3 is 1. The fourth-order valence-electron chi connectivity index (χ4n) is 3.92. The zero-order chi connectivity index (χ0) is 12.6. The molecule has 2 aliphatic carbocycles. The summed E-state index contributed by atoms with van der Waals surface area (Å²) >= 11 is 0. The molecule has 3 nitrogen and oxygen atoms in total. The second-order valence-electron chi connectivity index (χ2n) is 5.70. The van der Waals surface area contributed by atoms with Gasteiger partial charge in [-0.15, -0.1) is 0 Å². The van der Waals surface area contributed by atoms with E-state index in [4.69, 9.17) is 4.74 Å². The van der Waals surface area contributed by atoms with E-state index in [-0.39, 0.29) is 5.41 Å². The molecule has 0 aliphatic heterocycles. The van der Waals surface area contributed by atoms with Gasteiger partial charge < -0.3 is 4.74 Å². The predicted molar refractivity (Wildman–Crippen MR) is 68.0 cm³/mol. The smallest absolute Gasteiger partial charge is 0.216 e. The van der Waals surface area contributed by atoms with Crippen molar-refractivity contribution in [3.63, 3.8) is 0 Å². The van der Waals surface area contributed by atoms with Crippen molar-refractivity contribution >= 4 is 0 Å². The standard InChI is InChI=1S/C15H18N2O/c1-18-14-12(3-2-6-17-14)9-15(10-16)8-11-4-5-13(15)7-11/h2-3,6,11,13H,4-5,7-9H2,1H3. The van der Waals surface area contributed by atoms with Crippen molar-refractivity contribution in [2.45, 2.75) is 32.1 Å². The van der Waals surface area contributed by atoms with Gasteiger partial charge in [0.05, 0.1) is 18.6 Å². The molecule has 3 unspecified atom stereocenters. The molecule has 1 aromatic rings. The van der Waals surface area contributed by atoms with E-state index in [0.29, 0.717) is 11.8 Å². The molecule has 1 heterocycles. The molecule has 2 fully saturated rings. The highest BCUT2D eigenvalue weighted by Gasteiger charge is 2.51. The number of ether oxygens (including phenoxy) is 1. The van der Waals surface area contributed by atoms with Crippen molar-refractivity contribution < 1.29 is 4.74 Å². The van der Waals surface area contributed by atoms with Crippen molar-refractivity contribution in [3.05, 3.63) is 23.9 Å². The molecule has 0 saturated heterocycles. The van der Waals surface area contributed by atoms with Gasteiger partial charge in [-0.2, -0.15) is 5.26 Å². The SMILES string of the molecule is COc1ncccc1CC1(C#N)CC2CCC1C2. The molecule has 3 atom stereocenters. The largest absolute Gasteiger partial charge is 0.481 e. The second-order valence-corrected chi connectivity index (χ2v) is 5.70. The van der Waals surface area contributed by atoms with Crippen molar-refractivity contribution in [2.24, 2.45) is 17.3 Å². The summed E-state index contributed by atoms with van der Waals surface area (Å²) in [5.74, 6) is 2.03. The Balaban J connectivity index is 1.89. The molecule has 2 aliphatic rings. The van der Waals surface area contributed by atoms with Crippen molar-refractivity contribution in [3.8, 4) is 11.9 Å². The lowest BCUT2D eigenvalue weighted by atomic mass is 9.70. The van der Waals surface area contributed by atoms with E-state index >= 15 is 0 Å². The first-order valence-corrected chi connectivity index (χ1v) is 6.66. The van der Waals surface area contributed by atoms with Crippen LogP contribution in [0.4, 0.5) is 0 Å². The average molecular weight is 242 g/mol. The summed E-state index contributed by atoms with van der Waals surface area (Å²) in [6.07, 6.45) is 7.38. The number of aromatic nitrogens is 1. The van der Waals surface area contributed by atoms with Crippen LogP contribution in [-0.2, 0) is 6.42 Å². The molecule has 0 radical (unpaired) electrons. The summed E-state index contributed by atoms with van der Waals surface area (Å²) in [4.78, 5) is 4.24. The van der Waals surface area contributed by atoms with E-state index in [1.807, 2.05) is 12.1 Å². The first kappa shape index (κ1) is 11.5. The summed E-state index contributed by atoms with van der Waals surface area (Å²) in [5, 5.41) is 9.65. The Morgan fingerprint density at radius 1 is 1.56 bits per heavy atom. The molecule has 3 heteroatoms. The summed E-state index contributed by atoms with van der Waals surface area (Å²) in [7, 11) is 1.64. The minimum absolute atomic E-state index is 0.167. The maximum atomic E-state index is 9.65. The predicted octanol–water partition coefficient (Wildman–Crippen LogP) is 2.96. The van der Waals surface area contributed by atoms with E-state index in [9.17, 15) is 5.26 Å². The van der Waals surface area contributed by atoms with Crippen LogP contribution in [0.5, 0.6) is 5.88 Å². The topological polar surface area (TPSA) is 45.9 Å². The molecule has 1 aromatic heterocycles. The Kier molecular flexibility index (Phi) is 2.74. The number of fused-ring (bicyclic) bond motifs is 2. The van der Waals surface area contributed by atoms with Crippen LogP contribution in [0.3, 0.4) is 0 Å². The Morgan fingerprint density at radius 3 is 3.06 bits per heavy atom. The Labute approximate surface area is 108 Å². The van der Waals surface area contributed by atoms with E-state index in [1.54, 1.807) is 13.3 Å². The number of nitrogens with zero attached hydrogens (tertiary/aromatic N) is 2. The highest BCUT2D eigenvalue weighted by molar-refractivity contribution is 5.30. The van der Waals surface area contributed by atoms with E-state index in [1.165, 1.54) is 19.3 Å². The van der Waals surface area contributed by atoms with Gasteiger partial charge in [-0.25, -0.2) is 4.98 Å². The zero-order valence-electron chi connectivity index (χ0n) is 10.7. The van der Waals surface area contributed by atoms with Crippen molar-refractivity contribution in [1.29, 1.82) is 5.26 Å². The summed E-state index contributed by atoms with van der Waals surface area (Å²) < 4.78 is 5.30. The molecule has 0 aromatic carbocycles. The summed E-state index contributed by atoms with van der Waals surface area (Å²) in [6.45, 7) is 0. The van der Waals surface area contributed by atoms with Gasteiger partial charge in [0.1, 0.15) is 0 Å². The molecule has 0 N–H and O–H groups in total. The minimum atomic E-state index is -0.167. The normalized spacial score (nSPS) is 33.3. The van der Waals surface area contributed by atoms with Crippen molar-refractivity contribution in [2.75, 3.05) is 7.11 Å². The highest BCUT2D eigenvalue weighted by atomic mass is 16.5. The fourth-order valence-corrected chi connectivity index (χ4v) is 3.92. The Bertz CT molecular complexity index is 494. The molecule has 0 spiro atoms. The summed E-state index contributed by atoms with van der Waals surface area (Å²) in [5.41, 5.74) is 0.910. The summed E-state index contributed by atoms with van der Waals surface area (Å²) in [6, 6.07) is 6.59. The number of pyridine rings is 1. The van der Waals surface area contributed by atoms with Gasteiger partial charge in [-0.05, 0) is 43.6 Å². The lowest BCUT2D eigenvalue weighted by Gasteiger charge is -2.31. The molecule has 0 amide bonds. The van der Waals surface area contributed by atoms with Crippen LogP contribution in [0, 0.1) is 28.6 Å². The van der Waals surface area contributed by atoms with Gasteiger partial charge in [0, 0.05) is 11.8 Å². The van der Waals surface area contributed by atoms with Gasteiger partial charge in [-0.3, -0.25) is 0 Å². The van der Waals surface area contributed by atoms with Gasteiger partial charge in [0.2, 0.25) is 5.88 Å². The van der Waals surface area contributed by atoms with Crippen LogP contribution < -0.4 is 4.74 Å². The van der Waals surface area contributed by atoms with E-state index in [2.05, 4.69) is 11.1 Å². The van der Waals surface area contributed by atoms with Crippen LogP contribution in [0.1, 0.15) is 31.2 Å². The van der Waals surface area contributed by atoms with Gasteiger partial charge >= 0.3 is 0 Å². The molecule has 2 bridgehead atoms. The maximum absolute atomic E-state index is 9.65. The highest BCUT2D eigenvalue weighted by Crippen LogP contribution is 2.57. The lowest BCUT2D eigenvalue weighted by molar-refractivity contribution is 0.236. The van der Waals surface area contributed by atoms with Crippen LogP contribution in [0.2, 0.25) is 0 Å². The van der Waals surface area contributed by atoms with Crippen LogP contribution in [-0.4, -0.2) is 12.1 Å². The maximum Gasteiger partial charge on any atom is 0.216 e. The average Bonchev–Trinajstić information content (AvgIpc) is 3.00. The minimum Gasteiger partial charge on any atom is -0.481 e. The second kappa shape index (κ2) is 4.28. The number of hydrogen-bond acceptors (Lipinski definition) is 3. The lowest BCUT2D eigenvalue weighted by Crippen LogP contribution is -2.28. The van der Waals surface area contributed by atoms with Crippen LogP contribution in [0.15, 0.2) is 18.3 Å². The Morgan fingerprint density at radius 2 is 2.44 bits per heavy atom. The van der Waals surface area contributed by atoms with Crippen LogP contribution in [0.25, 0.3) is 0 Å². The third-order valence-corrected chi connectivity index (χ3v) is 4.75. The van der Waals surface area contributed by atoms with Gasteiger partial charge in [0.25, 0.3) is 0 Å². The Hall–Kier alpha value is -1.56. The number of rotatable bonds is 3. The molecular weight excluding hydrogens is 224 g/mol. The van der Waals surface area contributed by atoms with Gasteiger partial charge in [0.15, 0.2) is 0 Å². The molecule has 2 saturated carbocycles. The quantitative estimate of drug-likeness (QED) is 0.818. The number of hydrogen-bond donors (Lipinski definition) is 0. The molecule has 3 rings (SSSR count). The van der Waals surface area contributed by atoms with Crippen LogP contribution >= 0.6 is 0 Å². The molecule has 18 heavy (non-hydrogen) atoms.